The third-order valence-corrected chi connectivity index (χ3v) is 13.1. The van der Waals surface area contributed by atoms with Gasteiger partial charge in [-0.2, -0.15) is 0 Å². The monoisotopic (exact) mass is 656 g/mol. The first-order valence-electron chi connectivity index (χ1n) is 18.8. The lowest BCUT2D eigenvalue weighted by molar-refractivity contribution is 0.707. The molecule has 0 spiro atoms. The van der Waals surface area contributed by atoms with Gasteiger partial charge in [-0.1, -0.05) is 146 Å². The van der Waals surface area contributed by atoms with Gasteiger partial charge in [0.05, 0.1) is 0 Å². The summed E-state index contributed by atoms with van der Waals surface area (Å²) in [6.45, 7) is 0. The molecule has 6 aromatic rings. The second kappa shape index (κ2) is 9.75. The van der Waals surface area contributed by atoms with E-state index in [1.54, 1.807) is 0 Å². The maximum absolute atomic E-state index is 2.57. The van der Waals surface area contributed by atoms with Crippen molar-refractivity contribution in [1.82, 2.24) is 0 Å². The van der Waals surface area contributed by atoms with Crippen molar-refractivity contribution in [3.8, 4) is 22.3 Å². The van der Waals surface area contributed by atoms with Gasteiger partial charge in [-0.05, 0) is 135 Å². The highest BCUT2D eigenvalue weighted by Gasteiger charge is 2.49. The van der Waals surface area contributed by atoms with E-state index in [0.717, 1.165) is 0 Å². The Hall–Kier alpha value is -6.24. The average Bonchev–Trinajstić information content (AvgIpc) is 3.82. The molecular formula is C52H32. The summed E-state index contributed by atoms with van der Waals surface area (Å²) < 4.78 is 0. The Morgan fingerprint density at radius 3 is 1.23 bits per heavy atom. The number of allylic oxidation sites excluding steroid dienone is 16. The van der Waals surface area contributed by atoms with Crippen LogP contribution < -0.4 is 0 Å². The van der Waals surface area contributed by atoms with Crippen molar-refractivity contribution in [3.05, 3.63) is 203 Å². The Kier molecular flexibility index (Phi) is 5.15. The topological polar surface area (TPSA) is 0 Å². The van der Waals surface area contributed by atoms with Gasteiger partial charge in [0.1, 0.15) is 0 Å². The Balaban J connectivity index is 1.17. The van der Waals surface area contributed by atoms with Crippen LogP contribution in [0.2, 0.25) is 0 Å². The third kappa shape index (κ3) is 3.34. The molecule has 13 rings (SSSR count). The van der Waals surface area contributed by atoms with Gasteiger partial charge in [0.15, 0.2) is 0 Å². The summed E-state index contributed by atoms with van der Waals surface area (Å²) in [5.74, 6) is 1.41. The molecule has 0 fully saturated rings. The van der Waals surface area contributed by atoms with Gasteiger partial charge in [0.2, 0.25) is 0 Å². The Morgan fingerprint density at radius 2 is 0.731 bits per heavy atom. The van der Waals surface area contributed by atoms with Crippen molar-refractivity contribution in [3.63, 3.8) is 0 Å². The van der Waals surface area contributed by atoms with Gasteiger partial charge < -0.3 is 0 Å². The van der Waals surface area contributed by atoms with Crippen LogP contribution in [-0.4, -0.2) is 0 Å². The maximum Gasteiger partial charge on any atom is 0.0212 e. The molecule has 7 aliphatic rings. The summed E-state index contributed by atoms with van der Waals surface area (Å²) in [6, 6.07) is 41.3. The lowest BCUT2D eigenvalue weighted by Gasteiger charge is -2.31. The van der Waals surface area contributed by atoms with Gasteiger partial charge in [0.25, 0.3) is 0 Å². The normalized spacial score (nSPS) is 23.2. The third-order valence-electron chi connectivity index (χ3n) is 13.1. The van der Waals surface area contributed by atoms with E-state index in [4.69, 9.17) is 0 Å². The molecule has 0 saturated heterocycles. The zero-order chi connectivity index (χ0) is 33.7. The molecule has 52 heavy (non-hydrogen) atoms. The number of benzene rings is 6. The van der Waals surface area contributed by atoms with Crippen molar-refractivity contribution in [2.45, 2.75) is 0 Å². The molecule has 0 unspecified atom stereocenters. The molecule has 0 radical (unpaired) electrons. The van der Waals surface area contributed by atoms with E-state index in [0.29, 0.717) is 17.8 Å². The van der Waals surface area contributed by atoms with Crippen LogP contribution in [0.4, 0.5) is 0 Å². The number of fused-ring (bicyclic) bond motifs is 11. The summed E-state index contributed by atoms with van der Waals surface area (Å²) in [6.07, 6.45) is 24.0. The Labute approximate surface area is 303 Å². The van der Waals surface area contributed by atoms with E-state index in [-0.39, 0.29) is 5.92 Å². The Morgan fingerprint density at radius 1 is 0.327 bits per heavy atom. The summed E-state index contributed by atoms with van der Waals surface area (Å²) in [4.78, 5) is 0. The minimum Gasteiger partial charge on any atom is -0.0767 e. The molecular weight excluding hydrogens is 625 g/mol. The highest BCUT2D eigenvalue weighted by molar-refractivity contribution is 6.22. The summed E-state index contributed by atoms with van der Waals surface area (Å²) in [5, 5.41) is 5.34. The minimum absolute atomic E-state index is 0.279. The van der Waals surface area contributed by atoms with E-state index in [9.17, 15) is 0 Å². The van der Waals surface area contributed by atoms with Gasteiger partial charge in [-0.3, -0.25) is 0 Å². The maximum atomic E-state index is 2.57. The number of rotatable bonds is 2. The second-order valence-electron chi connectivity index (χ2n) is 15.4. The van der Waals surface area contributed by atoms with E-state index in [1.807, 2.05) is 0 Å². The standard InChI is InChI=1S/C52H32/c1-3-11-30(12-4-1)47-44-27-42-34-19-9-17-29-18-10-20-35(46(29)34)43(42)28-45(44)48(31-13-5-2-6-14-31)52-39-24-22-37-41-26-33-16-8-7-15-32(33)25-40(41)36-21-23-38(51(47)52)50(39)49(36)37/h1-29,46,49-50H. The van der Waals surface area contributed by atoms with Crippen molar-refractivity contribution in [1.29, 1.82) is 0 Å². The van der Waals surface area contributed by atoms with Crippen LogP contribution in [0.15, 0.2) is 170 Å². The fourth-order valence-corrected chi connectivity index (χ4v) is 11.1. The fraction of sp³-hybridized carbons (Fsp3) is 0.0769. The molecule has 0 N–H and O–H groups in total. The lowest BCUT2D eigenvalue weighted by Crippen LogP contribution is -2.17. The molecule has 0 bridgehead atoms. The van der Waals surface area contributed by atoms with Crippen molar-refractivity contribution < 1.29 is 0 Å². The summed E-state index contributed by atoms with van der Waals surface area (Å²) in [7, 11) is 0. The SMILES string of the molecule is C1=CC2C=CC=C3c4cc5c(-c6ccccc6)c6c(c(-c7ccccc7)c5cc4C(=C1)C32)C1=CC=C2c3cc4ccccc4cc3C3=CC=C6C1C23. The molecule has 6 aromatic carbocycles. The number of hydrogen-bond acceptors (Lipinski definition) is 0. The molecule has 0 atom stereocenters. The summed E-state index contributed by atoms with van der Waals surface area (Å²) >= 11 is 0. The van der Waals surface area contributed by atoms with Crippen LogP contribution in [0, 0.1) is 23.7 Å². The molecule has 0 aromatic heterocycles. The first kappa shape index (κ1) is 27.5. The van der Waals surface area contributed by atoms with E-state index in [2.05, 4.69) is 170 Å². The van der Waals surface area contributed by atoms with Gasteiger partial charge in [0, 0.05) is 23.7 Å². The van der Waals surface area contributed by atoms with Crippen molar-refractivity contribution in [2.75, 3.05) is 0 Å². The van der Waals surface area contributed by atoms with Crippen LogP contribution in [-0.2, 0) is 0 Å². The van der Waals surface area contributed by atoms with Gasteiger partial charge in [-0.25, -0.2) is 0 Å². The zero-order valence-electron chi connectivity index (χ0n) is 28.5. The quantitative estimate of drug-likeness (QED) is 0.174. The predicted octanol–water partition coefficient (Wildman–Crippen LogP) is 13.0. The first-order valence-corrected chi connectivity index (χ1v) is 18.8. The molecule has 0 heterocycles. The van der Waals surface area contributed by atoms with E-state index in [1.165, 1.54) is 111 Å². The molecule has 0 heteroatoms. The highest BCUT2D eigenvalue weighted by atomic mass is 14.5. The predicted molar refractivity (Wildman–Crippen MR) is 219 cm³/mol. The van der Waals surface area contributed by atoms with Crippen LogP contribution in [0.25, 0.3) is 77.2 Å². The molecule has 7 aliphatic carbocycles. The van der Waals surface area contributed by atoms with Crippen LogP contribution in [0.1, 0.15) is 33.4 Å². The van der Waals surface area contributed by atoms with Gasteiger partial charge in [-0.15, -0.1) is 0 Å². The molecule has 240 valence electrons. The van der Waals surface area contributed by atoms with Crippen molar-refractivity contribution >= 4 is 55.0 Å². The number of hydrogen-bond donors (Lipinski definition) is 0. The van der Waals surface area contributed by atoms with E-state index >= 15 is 0 Å². The smallest absolute Gasteiger partial charge is 0.0212 e. The largest absolute Gasteiger partial charge is 0.0767 e. The zero-order valence-corrected chi connectivity index (χ0v) is 28.5. The van der Waals surface area contributed by atoms with Crippen molar-refractivity contribution in [2.24, 2.45) is 23.7 Å². The average molecular weight is 657 g/mol. The van der Waals surface area contributed by atoms with Gasteiger partial charge >= 0.3 is 0 Å². The molecule has 0 saturated carbocycles. The highest BCUT2D eigenvalue weighted by Crippen LogP contribution is 2.67. The minimum atomic E-state index is 0.279. The Bertz CT molecular complexity index is 2730. The lowest BCUT2D eigenvalue weighted by atomic mass is 9.72. The van der Waals surface area contributed by atoms with E-state index < -0.39 is 0 Å². The van der Waals surface area contributed by atoms with Crippen LogP contribution in [0.3, 0.4) is 0 Å². The first-order chi connectivity index (χ1) is 25.8. The fourth-order valence-electron chi connectivity index (χ4n) is 11.1. The molecule has 0 aliphatic heterocycles. The summed E-state index contributed by atoms with van der Waals surface area (Å²) in [5.41, 5.74) is 22.6. The molecule has 0 amide bonds. The second-order valence-corrected chi connectivity index (χ2v) is 15.4. The van der Waals surface area contributed by atoms with Crippen LogP contribution >= 0.6 is 0 Å². The van der Waals surface area contributed by atoms with Crippen LogP contribution in [0.5, 0.6) is 0 Å². The molecule has 0 nitrogen and oxygen atoms in total.